The van der Waals surface area contributed by atoms with Crippen LogP contribution in [-0.4, -0.2) is 32.5 Å². The first-order chi connectivity index (χ1) is 13.0. The Morgan fingerprint density at radius 1 is 1.18 bits per heavy atom. The van der Waals surface area contributed by atoms with E-state index in [0.29, 0.717) is 12.5 Å². The minimum atomic E-state index is -3.64. The number of benzene rings is 1. The summed E-state index contributed by atoms with van der Waals surface area (Å²) in [6.45, 7) is 2.18. The molecule has 0 atom stereocenters. The molecule has 0 radical (unpaired) electrons. The molecule has 152 valence electrons. The third kappa shape index (κ3) is 5.93. The molecule has 0 fully saturated rings. The van der Waals surface area contributed by atoms with Gasteiger partial charge in [-0.3, -0.25) is 4.99 Å². The second-order valence-electron chi connectivity index (χ2n) is 6.04. The zero-order valence-electron chi connectivity index (χ0n) is 15.5. The summed E-state index contributed by atoms with van der Waals surface area (Å²) in [5, 5.41) is 12.8. The molecule has 0 aliphatic carbocycles. The van der Waals surface area contributed by atoms with Gasteiger partial charge in [-0.1, -0.05) is 18.2 Å². The van der Waals surface area contributed by atoms with E-state index in [9.17, 15) is 8.42 Å². The number of guanidine groups is 1. The number of rotatable bonds is 7. The summed E-state index contributed by atoms with van der Waals surface area (Å²) in [5.41, 5.74) is 1.24. The number of nitrogens with one attached hydrogen (secondary N) is 2. The van der Waals surface area contributed by atoms with E-state index in [1.807, 2.05) is 6.07 Å². The highest BCUT2D eigenvalue weighted by molar-refractivity contribution is 14.0. The highest BCUT2D eigenvalue weighted by Gasteiger charge is 2.11. The molecule has 0 saturated heterocycles. The van der Waals surface area contributed by atoms with E-state index >= 15 is 0 Å². The average molecular weight is 533 g/mol. The largest absolute Gasteiger partial charge is 0.356 e. The number of aryl methyl sites for hydroxylation is 1. The number of nitrogens with zero attached hydrogens (tertiary/aromatic N) is 2. The van der Waals surface area contributed by atoms with Crippen molar-refractivity contribution in [2.24, 2.45) is 10.1 Å². The van der Waals surface area contributed by atoms with Gasteiger partial charge in [0.1, 0.15) is 4.21 Å². The zero-order valence-corrected chi connectivity index (χ0v) is 19.4. The number of aliphatic imine (C=N–C) groups is 1. The fraction of sp³-hybridized carbons (Fsp3) is 0.278. The van der Waals surface area contributed by atoms with Crippen LogP contribution in [0.25, 0.3) is 10.9 Å². The molecule has 0 saturated carbocycles. The van der Waals surface area contributed by atoms with E-state index in [1.165, 1.54) is 17.0 Å². The molecule has 3 aromatic rings. The van der Waals surface area contributed by atoms with Gasteiger partial charge in [0.2, 0.25) is 10.0 Å². The molecule has 3 rings (SSSR count). The first kappa shape index (κ1) is 22.7. The summed E-state index contributed by atoms with van der Waals surface area (Å²) in [6, 6.07) is 13.7. The van der Waals surface area contributed by atoms with E-state index in [1.54, 1.807) is 13.1 Å². The van der Waals surface area contributed by atoms with Gasteiger partial charge in [-0.25, -0.2) is 13.6 Å². The summed E-state index contributed by atoms with van der Waals surface area (Å²) in [6.07, 6.45) is 3.06. The van der Waals surface area contributed by atoms with Crippen LogP contribution in [0.3, 0.4) is 0 Å². The predicted octanol–water partition coefficient (Wildman–Crippen LogP) is 2.72. The number of hydrogen-bond donors (Lipinski definition) is 3. The number of halogens is 1. The zero-order chi connectivity index (χ0) is 19.3. The molecule has 1 aromatic carbocycles. The molecule has 0 bridgehead atoms. The van der Waals surface area contributed by atoms with Crippen LogP contribution in [0.1, 0.15) is 11.3 Å². The maximum Gasteiger partial charge on any atom is 0.247 e. The van der Waals surface area contributed by atoms with E-state index in [2.05, 4.69) is 50.7 Å². The maximum atomic E-state index is 11.3. The topological polar surface area (TPSA) is 102 Å². The quantitative estimate of drug-likeness (QED) is 0.188. The standard InChI is InChI=1S/C18H23N5O2S2.HI/c1-20-18(22-13-15-7-8-17(26-15)27(19,24)25)21-10-4-11-23-12-9-14-5-2-3-6-16(14)23;/h2-3,5-9,12H,4,10-11,13H2,1H3,(H2,19,24,25)(H2,20,21,22);1H. The Labute approximate surface area is 186 Å². The molecule has 0 amide bonds. The molecule has 10 heteroatoms. The van der Waals surface area contributed by atoms with E-state index < -0.39 is 10.0 Å². The molecule has 28 heavy (non-hydrogen) atoms. The lowest BCUT2D eigenvalue weighted by Gasteiger charge is -2.12. The summed E-state index contributed by atoms with van der Waals surface area (Å²) in [5.74, 6) is 0.679. The first-order valence-electron chi connectivity index (χ1n) is 8.57. The Balaban J connectivity index is 0.00000280. The Hall–Kier alpha value is -1.63. The first-order valence-corrected chi connectivity index (χ1v) is 10.9. The fourth-order valence-corrected chi connectivity index (χ4v) is 4.51. The third-order valence-electron chi connectivity index (χ3n) is 4.12. The normalized spacial score (nSPS) is 12.0. The Bertz CT molecular complexity index is 1040. The molecule has 0 spiro atoms. The van der Waals surface area contributed by atoms with Crippen LogP contribution < -0.4 is 15.8 Å². The molecule has 2 aromatic heterocycles. The monoisotopic (exact) mass is 533 g/mol. The van der Waals surface area contributed by atoms with Crippen LogP contribution >= 0.6 is 35.3 Å². The molecule has 2 heterocycles. The van der Waals surface area contributed by atoms with Crippen LogP contribution in [0.15, 0.2) is 57.9 Å². The van der Waals surface area contributed by atoms with Crippen molar-refractivity contribution in [2.75, 3.05) is 13.6 Å². The van der Waals surface area contributed by atoms with Gasteiger partial charge in [-0.15, -0.1) is 35.3 Å². The van der Waals surface area contributed by atoms with Gasteiger partial charge in [0.05, 0.1) is 6.54 Å². The van der Waals surface area contributed by atoms with Crippen molar-refractivity contribution in [3.8, 4) is 0 Å². The van der Waals surface area contributed by atoms with Crippen molar-refractivity contribution in [1.29, 1.82) is 0 Å². The molecular weight excluding hydrogens is 509 g/mol. The second kappa shape index (κ2) is 10.2. The van der Waals surface area contributed by atoms with Crippen molar-refractivity contribution in [3.63, 3.8) is 0 Å². The number of sulfonamides is 1. The number of hydrogen-bond acceptors (Lipinski definition) is 4. The summed E-state index contributed by atoms with van der Waals surface area (Å²) >= 11 is 1.16. The third-order valence-corrected chi connectivity index (χ3v) is 6.64. The predicted molar refractivity (Wildman–Crippen MR) is 126 cm³/mol. The number of nitrogens with two attached hydrogens (primary N) is 1. The minimum Gasteiger partial charge on any atom is -0.356 e. The molecule has 7 nitrogen and oxygen atoms in total. The lowest BCUT2D eigenvalue weighted by atomic mass is 10.2. The molecule has 0 aliphatic rings. The van der Waals surface area contributed by atoms with Crippen molar-refractivity contribution < 1.29 is 8.42 Å². The van der Waals surface area contributed by atoms with Crippen molar-refractivity contribution in [3.05, 3.63) is 53.5 Å². The van der Waals surface area contributed by atoms with Gasteiger partial charge < -0.3 is 15.2 Å². The van der Waals surface area contributed by atoms with Crippen LogP contribution in [0.5, 0.6) is 0 Å². The molecule has 0 aliphatic heterocycles. The van der Waals surface area contributed by atoms with E-state index in [0.717, 1.165) is 35.7 Å². The maximum absolute atomic E-state index is 11.3. The van der Waals surface area contributed by atoms with E-state index in [4.69, 9.17) is 5.14 Å². The number of aromatic nitrogens is 1. The lowest BCUT2D eigenvalue weighted by Crippen LogP contribution is -2.37. The fourth-order valence-electron chi connectivity index (χ4n) is 2.79. The van der Waals surface area contributed by atoms with Crippen molar-refractivity contribution in [1.82, 2.24) is 15.2 Å². The minimum absolute atomic E-state index is 0. The Morgan fingerprint density at radius 2 is 1.96 bits per heavy atom. The number of primary sulfonamides is 1. The lowest BCUT2D eigenvalue weighted by molar-refractivity contribution is 0.600. The van der Waals surface area contributed by atoms with Crippen LogP contribution in [0, 0.1) is 0 Å². The molecule has 0 unspecified atom stereocenters. The van der Waals surface area contributed by atoms with Crippen molar-refractivity contribution >= 4 is 62.2 Å². The van der Waals surface area contributed by atoms with Gasteiger partial charge in [-0.05, 0) is 36.1 Å². The Kier molecular flexibility index (Phi) is 8.28. The average Bonchev–Trinajstić information content (AvgIpc) is 3.28. The summed E-state index contributed by atoms with van der Waals surface area (Å²) in [4.78, 5) is 5.07. The Morgan fingerprint density at radius 3 is 2.68 bits per heavy atom. The van der Waals surface area contributed by atoms with Crippen LogP contribution in [0.4, 0.5) is 0 Å². The highest BCUT2D eigenvalue weighted by Crippen LogP contribution is 2.20. The number of thiophene rings is 1. The van der Waals surface area contributed by atoms with Crippen LogP contribution in [-0.2, 0) is 23.1 Å². The summed E-state index contributed by atoms with van der Waals surface area (Å²) in [7, 11) is -1.93. The molecular formula is C18H24IN5O2S2. The highest BCUT2D eigenvalue weighted by atomic mass is 127. The SMILES string of the molecule is CN=C(NCCCn1ccc2ccccc21)NCc1ccc(S(N)(=O)=O)s1.I. The molecule has 4 N–H and O–H groups in total. The number of fused-ring (bicyclic) bond motifs is 1. The summed E-state index contributed by atoms with van der Waals surface area (Å²) < 4.78 is 25.1. The second-order valence-corrected chi connectivity index (χ2v) is 9.00. The van der Waals surface area contributed by atoms with Gasteiger partial charge >= 0.3 is 0 Å². The van der Waals surface area contributed by atoms with Gasteiger partial charge in [0.25, 0.3) is 0 Å². The van der Waals surface area contributed by atoms with E-state index in [-0.39, 0.29) is 28.2 Å². The smallest absolute Gasteiger partial charge is 0.247 e. The van der Waals surface area contributed by atoms with Crippen LogP contribution in [0.2, 0.25) is 0 Å². The van der Waals surface area contributed by atoms with Gasteiger partial charge in [0, 0.05) is 36.7 Å². The van der Waals surface area contributed by atoms with Crippen molar-refractivity contribution in [2.45, 2.75) is 23.7 Å². The van der Waals surface area contributed by atoms with Gasteiger partial charge in [-0.2, -0.15) is 0 Å². The number of para-hydroxylation sites is 1. The van der Waals surface area contributed by atoms with Gasteiger partial charge in [0.15, 0.2) is 5.96 Å².